The molecule has 1 aromatic carbocycles. The monoisotopic (exact) mass is 434 g/mol. The number of piperidine rings is 1. The first-order chi connectivity index (χ1) is 15.2. The molecule has 0 radical (unpaired) electrons. The van der Waals surface area contributed by atoms with Crippen molar-refractivity contribution in [1.29, 1.82) is 0 Å². The average molecular weight is 434 g/mol. The van der Waals surface area contributed by atoms with Crippen molar-refractivity contribution in [2.75, 3.05) is 5.32 Å². The fraction of sp³-hybridized carbons (Fsp3) is 0.417. The summed E-state index contributed by atoms with van der Waals surface area (Å²) in [6.07, 6.45) is 3.51. The summed E-state index contributed by atoms with van der Waals surface area (Å²) in [6.45, 7) is 4.76. The number of aromatic nitrogens is 1. The molecule has 3 heterocycles. The van der Waals surface area contributed by atoms with Gasteiger partial charge in [0.15, 0.2) is 0 Å². The molecule has 166 valence electrons. The zero-order valence-corrected chi connectivity index (χ0v) is 18.2. The summed E-state index contributed by atoms with van der Waals surface area (Å²) in [7, 11) is 0. The molecule has 2 aliphatic heterocycles. The van der Waals surface area contributed by atoms with Crippen LogP contribution in [-0.2, 0) is 29.0 Å². The van der Waals surface area contributed by atoms with E-state index in [-0.39, 0.29) is 36.1 Å². The quantitative estimate of drug-likeness (QED) is 0.645. The molecule has 1 unspecified atom stereocenters. The average Bonchev–Trinajstić information content (AvgIpc) is 3.28. The number of H-pyrrole nitrogens is 1. The number of carbonyl (C=O) groups excluding carboxylic acids is 4. The lowest BCUT2D eigenvalue weighted by molar-refractivity contribution is -0.136. The van der Waals surface area contributed by atoms with Crippen molar-refractivity contribution in [2.24, 2.45) is 5.41 Å². The molecule has 1 fully saturated rings. The van der Waals surface area contributed by atoms with E-state index in [1.165, 1.54) is 10.5 Å². The van der Waals surface area contributed by atoms with Crippen LogP contribution in [0.15, 0.2) is 24.3 Å². The molecular formula is C24H26N4O4. The summed E-state index contributed by atoms with van der Waals surface area (Å²) in [6, 6.07) is 6.45. The van der Waals surface area contributed by atoms with E-state index in [1.807, 2.05) is 6.07 Å². The van der Waals surface area contributed by atoms with E-state index >= 15 is 0 Å². The number of nitrogens with zero attached hydrogens (tertiary/aromatic N) is 1. The molecule has 1 atom stereocenters. The number of fused-ring (bicyclic) bond motifs is 2. The highest BCUT2D eigenvalue weighted by atomic mass is 16.2. The number of anilines is 1. The summed E-state index contributed by atoms with van der Waals surface area (Å²) >= 11 is 0. The van der Waals surface area contributed by atoms with Crippen LogP contribution in [0.3, 0.4) is 0 Å². The number of benzene rings is 1. The maximum Gasteiger partial charge on any atom is 0.272 e. The van der Waals surface area contributed by atoms with Crippen molar-refractivity contribution < 1.29 is 19.2 Å². The molecule has 3 N–H and O–H groups in total. The Hall–Kier alpha value is -3.42. The predicted octanol–water partition coefficient (Wildman–Crippen LogP) is 2.54. The van der Waals surface area contributed by atoms with Crippen LogP contribution in [0.4, 0.5) is 5.69 Å². The van der Waals surface area contributed by atoms with Crippen molar-refractivity contribution in [3.05, 3.63) is 52.3 Å². The highest BCUT2D eigenvalue weighted by Gasteiger charge is 2.39. The lowest BCUT2D eigenvalue weighted by atomic mass is 9.77. The smallest absolute Gasteiger partial charge is 0.272 e. The van der Waals surface area contributed by atoms with Crippen molar-refractivity contribution in [2.45, 2.75) is 58.5 Å². The van der Waals surface area contributed by atoms with E-state index in [1.54, 1.807) is 18.2 Å². The molecule has 0 spiro atoms. The summed E-state index contributed by atoms with van der Waals surface area (Å²) < 4.78 is 0. The number of hydrogen-bond acceptors (Lipinski definition) is 4. The third-order valence-electron chi connectivity index (χ3n) is 6.74. The fourth-order valence-corrected chi connectivity index (χ4v) is 4.96. The third kappa shape index (κ3) is 3.59. The first-order valence-corrected chi connectivity index (χ1v) is 11.0. The molecule has 8 nitrogen and oxygen atoms in total. The van der Waals surface area contributed by atoms with Gasteiger partial charge < -0.3 is 15.2 Å². The first kappa shape index (κ1) is 20.5. The van der Waals surface area contributed by atoms with Gasteiger partial charge in [0.1, 0.15) is 11.7 Å². The first-order valence-electron chi connectivity index (χ1n) is 11.0. The number of aryl methyl sites for hydroxylation is 1. The molecule has 1 aliphatic carbocycles. The second-order valence-electron chi connectivity index (χ2n) is 9.75. The van der Waals surface area contributed by atoms with Gasteiger partial charge in [-0.3, -0.25) is 24.5 Å². The number of aromatic amines is 1. The van der Waals surface area contributed by atoms with E-state index in [2.05, 4.69) is 29.5 Å². The Labute approximate surface area is 185 Å². The Morgan fingerprint density at radius 2 is 1.94 bits per heavy atom. The second-order valence-corrected chi connectivity index (χ2v) is 9.75. The molecular weight excluding hydrogens is 408 g/mol. The number of amides is 4. The molecule has 8 heteroatoms. The van der Waals surface area contributed by atoms with Gasteiger partial charge in [-0.2, -0.15) is 0 Å². The fourth-order valence-electron chi connectivity index (χ4n) is 4.96. The normalized spacial score (nSPS) is 21.8. The highest BCUT2D eigenvalue weighted by Crippen LogP contribution is 2.35. The summed E-state index contributed by atoms with van der Waals surface area (Å²) in [5, 5.41) is 5.22. The van der Waals surface area contributed by atoms with Gasteiger partial charge in [0.2, 0.25) is 11.8 Å². The van der Waals surface area contributed by atoms with Crippen LogP contribution in [0.1, 0.15) is 70.8 Å². The van der Waals surface area contributed by atoms with Crippen LogP contribution in [0.2, 0.25) is 0 Å². The van der Waals surface area contributed by atoms with Crippen molar-refractivity contribution >= 4 is 29.3 Å². The molecule has 0 bridgehead atoms. The van der Waals surface area contributed by atoms with Crippen molar-refractivity contribution in [3.8, 4) is 0 Å². The Balaban J connectivity index is 1.31. The van der Waals surface area contributed by atoms with Gasteiger partial charge in [0.25, 0.3) is 11.8 Å². The molecule has 1 aromatic heterocycles. The largest absolute Gasteiger partial charge is 0.354 e. The minimum Gasteiger partial charge on any atom is -0.354 e. The maximum absolute atomic E-state index is 12.8. The molecule has 5 rings (SSSR count). The summed E-state index contributed by atoms with van der Waals surface area (Å²) in [5.74, 6) is -1.19. The van der Waals surface area contributed by atoms with Crippen LogP contribution in [-0.4, -0.2) is 39.6 Å². The van der Waals surface area contributed by atoms with Gasteiger partial charge in [0, 0.05) is 29.9 Å². The molecule has 2 aromatic rings. The Bertz CT molecular complexity index is 1160. The predicted molar refractivity (Wildman–Crippen MR) is 117 cm³/mol. The zero-order valence-electron chi connectivity index (χ0n) is 18.2. The SMILES string of the molecule is CC1(C)CCc2[nH]c(C(=O)Nc3ccc4c(c3)CN(C3CCC(=O)NC3=O)C4=O)cc2C1. The third-order valence-corrected chi connectivity index (χ3v) is 6.74. The highest BCUT2D eigenvalue weighted by molar-refractivity contribution is 6.06. The van der Waals surface area contributed by atoms with Crippen molar-refractivity contribution in [1.82, 2.24) is 15.2 Å². The molecule has 4 amide bonds. The van der Waals surface area contributed by atoms with Crippen LogP contribution >= 0.6 is 0 Å². The summed E-state index contributed by atoms with van der Waals surface area (Å²) in [5.41, 5.74) is 4.98. The minimum absolute atomic E-state index is 0.217. The van der Waals surface area contributed by atoms with Crippen LogP contribution in [0.5, 0.6) is 0 Å². The Morgan fingerprint density at radius 3 is 2.72 bits per heavy atom. The minimum atomic E-state index is -0.653. The molecule has 32 heavy (non-hydrogen) atoms. The number of imide groups is 1. The van der Waals surface area contributed by atoms with E-state index in [9.17, 15) is 19.2 Å². The number of hydrogen-bond donors (Lipinski definition) is 3. The van der Waals surface area contributed by atoms with E-state index in [0.717, 1.165) is 30.5 Å². The lowest BCUT2D eigenvalue weighted by Gasteiger charge is -2.29. The van der Waals surface area contributed by atoms with Crippen LogP contribution in [0.25, 0.3) is 0 Å². The zero-order chi connectivity index (χ0) is 22.6. The van der Waals surface area contributed by atoms with Gasteiger partial charge in [0.05, 0.1) is 0 Å². The molecule has 1 saturated heterocycles. The number of carbonyl (C=O) groups is 4. The Kier molecular flexibility index (Phi) is 4.69. The molecule has 0 saturated carbocycles. The van der Waals surface area contributed by atoms with Gasteiger partial charge in [-0.05, 0) is 66.5 Å². The Morgan fingerprint density at radius 1 is 1.12 bits per heavy atom. The second kappa shape index (κ2) is 7.32. The lowest BCUT2D eigenvalue weighted by Crippen LogP contribution is -2.52. The maximum atomic E-state index is 12.8. The standard InChI is InChI=1S/C24H26N4O4/c1-24(2)8-7-17-13(11-24)10-18(26-17)21(30)25-15-3-4-16-14(9-15)12-28(23(16)32)19-5-6-20(29)27-22(19)31/h3-4,9-10,19,26H,5-8,11-12H2,1-2H3,(H,25,30)(H,27,29,31). The van der Waals surface area contributed by atoms with Gasteiger partial charge in [-0.25, -0.2) is 0 Å². The van der Waals surface area contributed by atoms with Gasteiger partial charge in [-0.1, -0.05) is 13.8 Å². The van der Waals surface area contributed by atoms with Crippen LogP contribution in [0, 0.1) is 5.41 Å². The topological polar surface area (TPSA) is 111 Å². The number of rotatable bonds is 3. The van der Waals surface area contributed by atoms with Gasteiger partial charge >= 0.3 is 0 Å². The summed E-state index contributed by atoms with van der Waals surface area (Å²) in [4.78, 5) is 54.0. The molecule has 3 aliphatic rings. The van der Waals surface area contributed by atoms with Gasteiger partial charge in [-0.15, -0.1) is 0 Å². The van der Waals surface area contributed by atoms with E-state index in [4.69, 9.17) is 0 Å². The van der Waals surface area contributed by atoms with E-state index < -0.39 is 11.9 Å². The number of nitrogens with one attached hydrogen (secondary N) is 3. The van der Waals surface area contributed by atoms with Crippen LogP contribution < -0.4 is 10.6 Å². The van der Waals surface area contributed by atoms with E-state index in [0.29, 0.717) is 23.4 Å². The van der Waals surface area contributed by atoms with Crippen molar-refractivity contribution in [3.63, 3.8) is 0 Å².